The summed E-state index contributed by atoms with van der Waals surface area (Å²) in [6.07, 6.45) is 3.71. The fourth-order valence-electron chi connectivity index (χ4n) is 3.52. The van der Waals surface area contributed by atoms with Gasteiger partial charge >= 0.3 is 0 Å². The maximum absolute atomic E-state index is 13.8. The Kier molecular flexibility index (Phi) is 4.12. The van der Waals surface area contributed by atoms with Gasteiger partial charge in [-0.3, -0.25) is 4.57 Å². The van der Waals surface area contributed by atoms with Crippen LogP contribution in [0.25, 0.3) is 17.1 Å². The van der Waals surface area contributed by atoms with Gasteiger partial charge < -0.3 is 5.32 Å². The fourth-order valence-corrected chi connectivity index (χ4v) is 4.02. The van der Waals surface area contributed by atoms with Gasteiger partial charge in [-0.15, -0.1) is 10.2 Å². The largest absolute Gasteiger partial charge is 0.361 e. The van der Waals surface area contributed by atoms with E-state index in [0.29, 0.717) is 16.7 Å². The van der Waals surface area contributed by atoms with Crippen molar-refractivity contribution < 1.29 is 4.39 Å². The van der Waals surface area contributed by atoms with Crippen LogP contribution >= 0.6 is 11.8 Å². The maximum atomic E-state index is 13.8. The lowest BCUT2D eigenvalue weighted by atomic mass is 10.1. The molecular formula is C20H17FN6S. The van der Waals surface area contributed by atoms with Crippen molar-refractivity contribution in [3.05, 3.63) is 72.2 Å². The average Bonchev–Trinajstić information content (AvgIpc) is 3.42. The first-order valence-corrected chi connectivity index (χ1v) is 10.1. The molecule has 0 amide bonds. The van der Waals surface area contributed by atoms with E-state index in [4.69, 9.17) is 0 Å². The third kappa shape index (κ3) is 2.77. The van der Waals surface area contributed by atoms with Gasteiger partial charge in [0.15, 0.2) is 11.0 Å². The number of rotatable bonds is 4. The van der Waals surface area contributed by atoms with Gasteiger partial charge in [0.1, 0.15) is 11.6 Å². The van der Waals surface area contributed by atoms with Gasteiger partial charge in [-0.05, 0) is 30.0 Å². The quantitative estimate of drug-likeness (QED) is 0.529. The van der Waals surface area contributed by atoms with Gasteiger partial charge in [-0.25, -0.2) is 9.07 Å². The van der Waals surface area contributed by atoms with E-state index in [0.717, 1.165) is 17.9 Å². The molecule has 4 aromatic rings. The molecule has 0 saturated heterocycles. The summed E-state index contributed by atoms with van der Waals surface area (Å²) in [5, 5.41) is 17.4. The van der Waals surface area contributed by atoms with Crippen LogP contribution in [0.2, 0.25) is 0 Å². The standard InChI is InChI=1S/C20H17FN6S/c1-28-20-25-24-19(27(20)15-9-5-8-14(21)10-15)16-11-22-26-12-17(23-18(16)26)13-6-3-2-4-7-13/h2-11,17,23H,12H2,1H3. The number of nitrogens with zero attached hydrogens (tertiary/aromatic N) is 5. The van der Waals surface area contributed by atoms with Crippen LogP contribution in [-0.4, -0.2) is 30.8 Å². The van der Waals surface area contributed by atoms with Gasteiger partial charge in [0.2, 0.25) is 0 Å². The molecule has 1 N–H and O–H groups in total. The number of hydrogen-bond donors (Lipinski definition) is 1. The highest BCUT2D eigenvalue weighted by molar-refractivity contribution is 7.98. The average molecular weight is 392 g/mol. The second-order valence-corrected chi connectivity index (χ2v) is 7.30. The summed E-state index contributed by atoms with van der Waals surface area (Å²) in [4.78, 5) is 0. The van der Waals surface area contributed by atoms with Crippen LogP contribution in [0.4, 0.5) is 10.2 Å². The lowest BCUT2D eigenvalue weighted by Crippen LogP contribution is -2.07. The zero-order valence-corrected chi connectivity index (χ0v) is 15.9. The number of aromatic nitrogens is 5. The van der Waals surface area contributed by atoms with Crippen molar-refractivity contribution in [2.75, 3.05) is 11.6 Å². The predicted molar refractivity (Wildman–Crippen MR) is 107 cm³/mol. The number of fused-ring (bicyclic) bond motifs is 1. The zero-order valence-electron chi connectivity index (χ0n) is 15.1. The highest BCUT2D eigenvalue weighted by atomic mass is 32.2. The van der Waals surface area contributed by atoms with Crippen LogP contribution in [0.15, 0.2) is 66.0 Å². The normalized spacial score (nSPS) is 15.4. The Labute approximate surface area is 165 Å². The molecule has 28 heavy (non-hydrogen) atoms. The number of halogens is 1. The molecule has 1 unspecified atom stereocenters. The Morgan fingerprint density at radius 1 is 1.11 bits per heavy atom. The first-order valence-electron chi connectivity index (χ1n) is 8.87. The van der Waals surface area contributed by atoms with Crippen LogP contribution < -0.4 is 5.32 Å². The Morgan fingerprint density at radius 2 is 1.96 bits per heavy atom. The van der Waals surface area contributed by atoms with E-state index in [-0.39, 0.29) is 11.9 Å². The van der Waals surface area contributed by atoms with Crippen molar-refractivity contribution in [3.63, 3.8) is 0 Å². The molecule has 2 aromatic carbocycles. The van der Waals surface area contributed by atoms with Crippen LogP contribution in [0, 0.1) is 5.82 Å². The minimum atomic E-state index is -0.299. The molecule has 0 bridgehead atoms. The summed E-state index contributed by atoms with van der Waals surface area (Å²) >= 11 is 1.46. The van der Waals surface area contributed by atoms with E-state index in [9.17, 15) is 4.39 Å². The summed E-state index contributed by atoms with van der Waals surface area (Å²) in [6, 6.07) is 16.9. The fraction of sp³-hybridized carbons (Fsp3) is 0.150. The van der Waals surface area contributed by atoms with E-state index in [1.807, 2.05) is 39.8 Å². The molecule has 6 nitrogen and oxygen atoms in total. The van der Waals surface area contributed by atoms with E-state index < -0.39 is 0 Å². The predicted octanol–water partition coefficient (Wildman–Crippen LogP) is 4.16. The van der Waals surface area contributed by atoms with Crippen LogP contribution in [0.3, 0.4) is 0 Å². The molecule has 8 heteroatoms. The summed E-state index contributed by atoms with van der Waals surface area (Å²) in [5.74, 6) is 1.23. The Morgan fingerprint density at radius 3 is 2.75 bits per heavy atom. The second-order valence-electron chi connectivity index (χ2n) is 6.52. The van der Waals surface area contributed by atoms with Gasteiger partial charge in [0.25, 0.3) is 0 Å². The molecule has 0 fully saturated rings. The van der Waals surface area contributed by atoms with E-state index in [1.165, 1.54) is 29.5 Å². The number of nitrogens with one attached hydrogen (secondary N) is 1. The van der Waals surface area contributed by atoms with E-state index >= 15 is 0 Å². The van der Waals surface area contributed by atoms with Crippen LogP contribution in [0.1, 0.15) is 11.6 Å². The molecule has 5 rings (SSSR count). The monoisotopic (exact) mass is 392 g/mol. The Hall–Kier alpha value is -3.13. The van der Waals surface area contributed by atoms with Crippen LogP contribution in [0.5, 0.6) is 0 Å². The molecule has 2 aromatic heterocycles. The topological polar surface area (TPSA) is 60.6 Å². The maximum Gasteiger partial charge on any atom is 0.195 e. The number of hydrogen-bond acceptors (Lipinski definition) is 5. The minimum absolute atomic E-state index is 0.147. The van der Waals surface area contributed by atoms with Gasteiger partial charge in [0, 0.05) is 0 Å². The molecule has 1 atom stereocenters. The Bertz CT molecular complexity index is 1140. The van der Waals surface area contributed by atoms with Crippen molar-refractivity contribution in [2.45, 2.75) is 17.7 Å². The molecule has 1 aliphatic rings. The number of benzene rings is 2. The van der Waals surface area contributed by atoms with Gasteiger partial charge in [-0.2, -0.15) is 5.10 Å². The smallest absolute Gasteiger partial charge is 0.195 e. The van der Waals surface area contributed by atoms with Crippen molar-refractivity contribution in [3.8, 4) is 17.1 Å². The highest BCUT2D eigenvalue weighted by Crippen LogP contribution is 2.37. The lowest BCUT2D eigenvalue weighted by Gasteiger charge is -2.12. The van der Waals surface area contributed by atoms with Crippen molar-refractivity contribution in [1.29, 1.82) is 0 Å². The van der Waals surface area contributed by atoms with Gasteiger partial charge in [0.05, 0.1) is 30.0 Å². The molecule has 1 aliphatic heterocycles. The molecule has 0 aliphatic carbocycles. The first kappa shape index (κ1) is 17.0. The van der Waals surface area contributed by atoms with Gasteiger partial charge in [-0.1, -0.05) is 48.2 Å². The second kappa shape index (κ2) is 6.79. The summed E-state index contributed by atoms with van der Waals surface area (Å²) in [5.41, 5.74) is 2.73. The molecule has 3 heterocycles. The summed E-state index contributed by atoms with van der Waals surface area (Å²) in [7, 11) is 0. The van der Waals surface area contributed by atoms with Crippen molar-refractivity contribution in [1.82, 2.24) is 24.5 Å². The van der Waals surface area contributed by atoms with E-state index in [2.05, 4.69) is 32.7 Å². The third-order valence-corrected chi connectivity index (χ3v) is 5.46. The lowest BCUT2D eigenvalue weighted by molar-refractivity contribution is 0.617. The highest BCUT2D eigenvalue weighted by Gasteiger charge is 2.29. The minimum Gasteiger partial charge on any atom is -0.361 e. The number of anilines is 1. The number of thioether (sulfide) groups is 1. The molecule has 140 valence electrons. The van der Waals surface area contributed by atoms with Crippen LogP contribution in [-0.2, 0) is 6.54 Å². The van der Waals surface area contributed by atoms with E-state index in [1.54, 1.807) is 12.3 Å². The van der Waals surface area contributed by atoms with Crippen molar-refractivity contribution in [2.24, 2.45) is 0 Å². The molecule has 0 radical (unpaired) electrons. The molecular weight excluding hydrogens is 375 g/mol. The zero-order chi connectivity index (χ0) is 19.1. The molecule has 0 spiro atoms. The summed E-state index contributed by atoms with van der Waals surface area (Å²) < 4.78 is 17.6. The first-order chi connectivity index (χ1) is 13.7. The third-order valence-electron chi connectivity index (χ3n) is 4.83. The SMILES string of the molecule is CSc1nnc(-c2cnn3c2NC(c2ccccc2)C3)n1-c1cccc(F)c1. The summed E-state index contributed by atoms with van der Waals surface area (Å²) in [6.45, 7) is 0.739. The van der Waals surface area contributed by atoms with Crippen molar-refractivity contribution >= 4 is 17.6 Å². The Balaban J connectivity index is 1.58. The molecule has 0 saturated carbocycles.